The van der Waals surface area contributed by atoms with Crippen LogP contribution in [0, 0.1) is 5.82 Å². The van der Waals surface area contributed by atoms with Gasteiger partial charge < -0.3 is 19.7 Å². The maximum atomic E-state index is 14.3. The van der Waals surface area contributed by atoms with Gasteiger partial charge in [0.1, 0.15) is 5.82 Å². The van der Waals surface area contributed by atoms with E-state index in [2.05, 4.69) is 26.6 Å². The number of methoxy groups -OCH3 is 2. The molecule has 1 aromatic heterocycles. The second-order valence-electron chi connectivity index (χ2n) is 8.27. The number of anilines is 1. The number of hydrogen-bond acceptors (Lipinski definition) is 6. The Morgan fingerprint density at radius 1 is 1.00 bits per heavy atom. The first-order valence-corrected chi connectivity index (χ1v) is 12.2. The van der Waals surface area contributed by atoms with Gasteiger partial charge in [0.15, 0.2) is 11.5 Å². The first kappa shape index (κ1) is 24.0. The molecule has 4 rings (SSSR count). The molecule has 2 aromatic carbocycles. The highest BCUT2D eigenvalue weighted by atomic mass is 32.1. The SMILES string of the molecule is COc1ccc(C(=O)N[C@@H](C)[C@H](c2cccs2)N2CCN(c3ccccc3F)CC2)cc1OC. The van der Waals surface area contributed by atoms with Crippen LogP contribution in [0.1, 0.15) is 28.2 Å². The Bertz CT molecular complexity index is 1100. The summed E-state index contributed by atoms with van der Waals surface area (Å²) >= 11 is 1.68. The minimum Gasteiger partial charge on any atom is -0.493 e. The summed E-state index contributed by atoms with van der Waals surface area (Å²) in [5.74, 6) is 0.736. The average Bonchev–Trinajstić information content (AvgIpc) is 3.39. The number of para-hydroxylation sites is 1. The molecular formula is C26H30FN3O3S. The van der Waals surface area contributed by atoms with E-state index in [1.807, 2.05) is 25.1 Å². The van der Waals surface area contributed by atoms with Gasteiger partial charge in [0.25, 0.3) is 5.91 Å². The maximum Gasteiger partial charge on any atom is 0.251 e. The Morgan fingerprint density at radius 3 is 2.38 bits per heavy atom. The number of nitrogens with one attached hydrogen (secondary N) is 1. The zero-order valence-electron chi connectivity index (χ0n) is 19.7. The van der Waals surface area contributed by atoms with E-state index in [4.69, 9.17) is 9.47 Å². The lowest BCUT2D eigenvalue weighted by molar-refractivity contribution is 0.0890. The Labute approximate surface area is 203 Å². The molecule has 0 bridgehead atoms. The van der Waals surface area contributed by atoms with E-state index in [-0.39, 0.29) is 23.8 Å². The normalized spacial score (nSPS) is 16.1. The summed E-state index contributed by atoms with van der Waals surface area (Å²) in [5, 5.41) is 5.24. The lowest BCUT2D eigenvalue weighted by atomic mass is 10.0. The third-order valence-corrected chi connectivity index (χ3v) is 7.16. The molecule has 2 heterocycles. The lowest BCUT2D eigenvalue weighted by Gasteiger charge is -2.42. The second-order valence-corrected chi connectivity index (χ2v) is 9.25. The van der Waals surface area contributed by atoms with Gasteiger partial charge in [-0.1, -0.05) is 18.2 Å². The minimum absolute atomic E-state index is 0.0202. The van der Waals surface area contributed by atoms with Crippen molar-refractivity contribution in [1.29, 1.82) is 0 Å². The van der Waals surface area contributed by atoms with Crippen molar-refractivity contribution in [3.8, 4) is 11.5 Å². The summed E-state index contributed by atoms with van der Waals surface area (Å²) in [6.45, 7) is 5.02. The van der Waals surface area contributed by atoms with Crippen molar-refractivity contribution in [3.63, 3.8) is 0 Å². The van der Waals surface area contributed by atoms with Gasteiger partial charge in [-0.05, 0) is 48.7 Å². The maximum absolute atomic E-state index is 14.3. The zero-order chi connectivity index (χ0) is 24.1. The fourth-order valence-corrected chi connectivity index (χ4v) is 5.46. The van der Waals surface area contributed by atoms with Crippen LogP contribution in [0.2, 0.25) is 0 Å². The summed E-state index contributed by atoms with van der Waals surface area (Å²) in [5.41, 5.74) is 1.16. The van der Waals surface area contributed by atoms with Crippen LogP contribution in [0.3, 0.4) is 0 Å². The molecule has 0 saturated carbocycles. The number of thiophene rings is 1. The van der Waals surface area contributed by atoms with Crippen LogP contribution >= 0.6 is 11.3 Å². The van der Waals surface area contributed by atoms with E-state index in [0.717, 1.165) is 26.2 Å². The van der Waals surface area contributed by atoms with Crippen molar-refractivity contribution in [1.82, 2.24) is 10.2 Å². The van der Waals surface area contributed by atoms with E-state index in [0.29, 0.717) is 22.7 Å². The topological polar surface area (TPSA) is 54.0 Å². The van der Waals surface area contributed by atoms with E-state index < -0.39 is 0 Å². The van der Waals surface area contributed by atoms with Crippen molar-refractivity contribution in [2.75, 3.05) is 45.3 Å². The Hall–Kier alpha value is -3.10. The van der Waals surface area contributed by atoms with Gasteiger partial charge in [0, 0.05) is 42.7 Å². The molecule has 1 aliphatic rings. The quantitative estimate of drug-likeness (QED) is 0.508. The zero-order valence-corrected chi connectivity index (χ0v) is 20.5. The van der Waals surface area contributed by atoms with Crippen molar-refractivity contribution in [2.24, 2.45) is 0 Å². The van der Waals surface area contributed by atoms with Gasteiger partial charge in [-0.3, -0.25) is 9.69 Å². The highest BCUT2D eigenvalue weighted by Gasteiger charge is 2.31. The molecule has 1 fully saturated rings. The molecular weight excluding hydrogens is 453 g/mol. The van der Waals surface area contributed by atoms with Gasteiger partial charge in [-0.2, -0.15) is 0 Å². The largest absolute Gasteiger partial charge is 0.493 e. The van der Waals surface area contributed by atoms with Crippen molar-refractivity contribution < 1.29 is 18.7 Å². The molecule has 3 aromatic rings. The number of ether oxygens (including phenoxy) is 2. The number of rotatable bonds is 8. The van der Waals surface area contributed by atoms with Gasteiger partial charge in [-0.15, -0.1) is 11.3 Å². The molecule has 1 amide bonds. The number of piperazine rings is 1. The monoisotopic (exact) mass is 483 g/mol. The van der Waals surface area contributed by atoms with Gasteiger partial charge >= 0.3 is 0 Å². The van der Waals surface area contributed by atoms with Crippen LogP contribution in [0.25, 0.3) is 0 Å². The average molecular weight is 484 g/mol. The van der Waals surface area contributed by atoms with E-state index >= 15 is 0 Å². The van der Waals surface area contributed by atoms with Crippen LogP contribution in [0.5, 0.6) is 11.5 Å². The second kappa shape index (κ2) is 10.9. The number of carbonyl (C=O) groups excluding carboxylic acids is 1. The molecule has 0 radical (unpaired) electrons. The Morgan fingerprint density at radius 2 is 1.74 bits per heavy atom. The molecule has 2 atom stereocenters. The summed E-state index contributed by atoms with van der Waals surface area (Å²) in [6.07, 6.45) is 0. The summed E-state index contributed by atoms with van der Waals surface area (Å²) < 4.78 is 24.9. The molecule has 1 N–H and O–H groups in total. The molecule has 0 spiro atoms. The van der Waals surface area contributed by atoms with Crippen molar-refractivity contribution in [2.45, 2.75) is 19.0 Å². The summed E-state index contributed by atoms with van der Waals surface area (Å²) in [7, 11) is 3.12. The molecule has 180 valence electrons. The molecule has 6 nitrogen and oxygen atoms in total. The van der Waals surface area contributed by atoms with E-state index in [9.17, 15) is 9.18 Å². The molecule has 8 heteroatoms. The predicted octanol–water partition coefficient (Wildman–Crippen LogP) is 4.59. The highest BCUT2D eigenvalue weighted by Crippen LogP contribution is 2.32. The van der Waals surface area contributed by atoms with Crippen LogP contribution in [0.15, 0.2) is 60.0 Å². The highest BCUT2D eigenvalue weighted by molar-refractivity contribution is 7.10. The number of benzene rings is 2. The predicted molar refractivity (Wildman–Crippen MR) is 134 cm³/mol. The van der Waals surface area contributed by atoms with Crippen LogP contribution in [0.4, 0.5) is 10.1 Å². The van der Waals surface area contributed by atoms with E-state index in [1.165, 1.54) is 10.9 Å². The number of nitrogens with zero attached hydrogens (tertiary/aromatic N) is 2. The number of hydrogen-bond donors (Lipinski definition) is 1. The third kappa shape index (κ3) is 5.18. The standard InChI is InChI=1S/C26H30FN3O3S/c1-18(28-26(31)19-10-11-22(32-2)23(17-19)33-3)25(24-9-6-16-34-24)30-14-12-29(13-15-30)21-8-5-4-7-20(21)27/h4-11,16-18,25H,12-15H2,1-3H3,(H,28,31)/t18-,25+/m0/s1. The number of halogens is 1. The van der Waals surface area contributed by atoms with E-state index in [1.54, 1.807) is 49.8 Å². The summed E-state index contributed by atoms with van der Waals surface area (Å²) in [4.78, 5) is 18.7. The molecule has 0 unspecified atom stereocenters. The minimum atomic E-state index is -0.193. The lowest BCUT2D eigenvalue weighted by Crippen LogP contribution is -2.52. The van der Waals surface area contributed by atoms with Crippen LogP contribution < -0.4 is 19.7 Å². The van der Waals surface area contributed by atoms with Gasteiger partial charge in [-0.25, -0.2) is 4.39 Å². The molecule has 1 aliphatic heterocycles. The Kier molecular flexibility index (Phi) is 7.70. The summed E-state index contributed by atoms with van der Waals surface area (Å²) in [6, 6.07) is 16.1. The van der Waals surface area contributed by atoms with Crippen LogP contribution in [-0.2, 0) is 0 Å². The first-order valence-electron chi connectivity index (χ1n) is 11.3. The Balaban J connectivity index is 1.48. The van der Waals surface area contributed by atoms with Crippen molar-refractivity contribution in [3.05, 3.63) is 76.2 Å². The molecule has 0 aliphatic carbocycles. The first-order chi connectivity index (χ1) is 16.5. The molecule has 34 heavy (non-hydrogen) atoms. The van der Waals surface area contributed by atoms with Gasteiger partial charge in [0.2, 0.25) is 0 Å². The smallest absolute Gasteiger partial charge is 0.251 e. The fourth-order valence-electron chi connectivity index (χ4n) is 4.50. The fraction of sp³-hybridized carbons (Fsp3) is 0.346. The van der Waals surface area contributed by atoms with Gasteiger partial charge in [0.05, 0.1) is 25.9 Å². The van der Waals surface area contributed by atoms with Crippen molar-refractivity contribution >= 4 is 22.9 Å². The number of amides is 1. The third-order valence-electron chi connectivity index (χ3n) is 6.21. The molecule has 1 saturated heterocycles. The number of carbonyl (C=O) groups is 1. The van der Waals surface area contributed by atoms with Crippen LogP contribution in [-0.4, -0.2) is 57.2 Å².